The Labute approximate surface area is 115 Å². The minimum absolute atomic E-state index is 0.0232. The van der Waals surface area contributed by atoms with Gasteiger partial charge in [-0.05, 0) is 12.5 Å². The van der Waals surface area contributed by atoms with Crippen LogP contribution < -0.4 is 0 Å². The standard InChI is InChI=1S/C16H24O3/c1-11-13(3)19-15(12(2)16(11)17)10-18-9-14-7-5-4-6-8-14/h4-8,11-13,15-17H,9-10H2,1-3H3/t11?,12-,13-,15?,16?/m1/s1. The summed E-state index contributed by atoms with van der Waals surface area (Å²) in [6.07, 6.45) is -0.254. The van der Waals surface area contributed by atoms with Crippen molar-refractivity contribution in [3.05, 3.63) is 35.9 Å². The first-order chi connectivity index (χ1) is 9.09. The minimum atomic E-state index is -0.311. The van der Waals surface area contributed by atoms with Crippen molar-refractivity contribution < 1.29 is 14.6 Å². The maximum Gasteiger partial charge on any atom is 0.0862 e. The Hall–Kier alpha value is -0.900. The number of ether oxygens (including phenoxy) is 2. The monoisotopic (exact) mass is 264 g/mol. The summed E-state index contributed by atoms with van der Waals surface area (Å²) >= 11 is 0. The van der Waals surface area contributed by atoms with E-state index in [-0.39, 0.29) is 30.1 Å². The smallest absolute Gasteiger partial charge is 0.0862 e. The summed E-state index contributed by atoms with van der Waals surface area (Å²) in [5, 5.41) is 10.2. The number of hydrogen-bond acceptors (Lipinski definition) is 3. The van der Waals surface area contributed by atoms with Gasteiger partial charge in [0.15, 0.2) is 0 Å². The molecule has 5 atom stereocenters. The lowest BCUT2D eigenvalue weighted by Crippen LogP contribution is -2.49. The molecule has 1 heterocycles. The van der Waals surface area contributed by atoms with Crippen molar-refractivity contribution >= 4 is 0 Å². The second-order valence-electron chi connectivity index (χ2n) is 5.59. The molecule has 2 rings (SSSR count). The van der Waals surface area contributed by atoms with Gasteiger partial charge in [0.05, 0.1) is 31.5 Å². The van der Waals surface area contributed by atoms with Crippen LogP contribution in [0.1, 0.15) is 26.3 Å². The van der Waals surface area contributed by atoms with Crippen molar-refractivity contribution in [2.75, 3.05) is 6.61 Å². The fraction of sp³-hybridized carbons (Fsp3) is 0.625. The van der Waals surface area contributed by atoms with E-state index in [1.165, 1.54) is 0 Å². The summed E-state index contributed by atoms with van der Waals surface area (Å²) in [6.45, 7) is 7.21. The molecule has 3 nitrogen and oxygen atoms in total. The van der Waals surface area contributed by atoms with Crippen molar-refractivity contribution in [1.82, 2.24) is 0 Å². The third-order valence-electron chi connectivity index (χ3n) is 4.19. The summed E-state index contributed by atoms with van der Waals surface area (Å²) in [5.41, 5.74) is 1.16. The normalized spacial score (nSPS) is 35.3. The molecule has 19 heavy (non-hydrogen) atoms. The van der Waals surface area contributed by atoms with Crippen LogP contribution in [-0.2, 0) is 16.1 Å². The number of hydrogen-bond donors (Lipinski definition) is 1. The first-order valence-electron chi connectivity index (χ1n) is 7.04. The molecule has 0 spiro atoms. The van der Waals surface area contributed by atoms with E-state index in [4.69, 9.17) is 9.47 Å². The molecule has 3 heteroatoms. The van der Waals surface area contributed by atoms with Gasteiger partial charge in [0.1, 0.15) is 0 Å². The van der Waals surface area contributed by atoms with Crippen LogP contribution in [0.2, 0.25) is 0 Å². The first-order valence-corrected chi connectivity index (χ1v) is 7.04. The van der Waals surface area contributed by atoms with Crippen molar-refractivity contribution in [2.45, 2.75) is 45.7 Å². The van der Waals surface area contributed by atoms with Crippen LogP contribution in [0.4, 0.5) is 0 Å². The predicted octanol–water partition coefficient (Wildman–Crippen LogP) is 2.62. The summed E-state index contributed by atoms with van der Waals surface area (Å²) in [7, 11) is 0. The highest BCUT2D eigenvalue weighted by molar-refractivity contribution is 5.13. The molecule has 1 N–H and O–H groups in total. The average Bonchev–Trinajstić information content (AvgIpc) is 2.43. The molecule has 0 aliphatic carbocycles. The molecule has 1 aromatic carbocycles. The largest absolute Gasteiger partial charge is 0.392 e. The zero-order chi connectivity index (χ0) is 13.8. The fourth-order valence-electron chi connectivity index (χ4n) is 2.56. The molecule has 0 aromatic heterocycles. The van der Waals surface area contributed by atoms with Gasteiger partial charge in [-0.15, -0.1) is 0 Å². The van der Waals surface area contributed by atoms with Crippen LogP contribution in [0.5, 0.6) is 0 Å². The van der Waals surface area contributed by atoms with Gasteiger partial charge in [0.25, 0.3) is 0 Å². The lowest BCUT2D eigenvalue weighted by atomic mass is 9.83. The fourth-order valence-corrected chi connectivity index (χ4v) is 2.56. The van der Waals surface area contributed by atoms with Gasteiger partial charge in [-0.1, -0.05) is 44.2 Å². The summed E-state index contributed by atoms with van der Waals surface area (Å²) in [4.78, 5) is 0. The molecule has 1 saturated heterocycles. The Morgan fingerprint density at radius 3 is 2.47 bits per heavy atom. The maximum atomic E-state index is 10.2. The molecule has 0 amide bonds. The van der Waals surface area contributed by atoms with Crippen LogP contribution in [0.25, 0.3) is 0 Å². The van der Waals surface area contributed by atoms with Crippen LogP contribution in [0, 0.1) is 11.8 Å². The lowest BCUT2D eigenvalue weighted by molar-refractivity contribution is -0.175. The number of aliphatic hydroxyl groups excluding tert-OH is 1. The van der Waals surface area contributed by atoms with Crippen molar-refractivity contribution in [3.63, 3.8) is 0 Å². The summed E-state index contributed by atoms with van der Waals surface area (Å²) < 4.78 is 11.7. The number of rotatable bonds is 4. The van der Waals surface area contributed by atoms with E-state index < -0.39 is 0 Å². The quantitative estimate of drug-likeness (QED) is 0.908. The van der Waals surface area contributed by atoms with Crippen molar-refractivity contribution in [2.24, 2.45) is 11.8 Å². The van der Waals surface area contributed by atoms with Gasteiger partial charge >= 0.3 is 0 Å². The highest BCUT2D eigenvalue weighted by Gasteiger charge is 2.38. The van der Waals surface area contributed by atoms with Crippen molar-refractivity contribution in [3.8, 4) is 0 Å². The topological polar surface area (TPSA) is 38.7 Å². The van der Waals surface area contributed by atoms with Gasteiger partial charge in [-0.3, -0.25) is 0 Å². The Morgan fingerprint density at radius 1 is 1.11 bits per heavy atom. The second-order valence-corrected chi connectivity index (χ2v) is 5.59. The van der Waals surface area contributed by atoms with Gasteiger partial charge in [0, 0.05) is 11.8 Å². The van der Waals surface area contributed by atoms with Crippen LogP contribution in [0.3, 0.4) is 0 Å². The molecule has 1 aromatic rings. The molecular weight excluding hydrogens is 240 g/mol. The van der Waals surface area contributed by atoms with E-state index in [2.05, 4.69) is 0 Å². The van der Waals surface area contributed by atoms with Crippen LogP contribution >= 0.6 is 0 Å². The van der Waals surface area contributed by atoms with E-state index in [1.54, 1.807) is 0 Å². The second kappa shape index (κ2) is 6.51. The van der Waals surface area contributed by atoms with Gasteiger partial charge in [-0.2, -0.15) is 0 Å². The lowest BCUT2D eigenvalue weighted by Gasteiger charge is -2.41. The van der Waals surface area contributed by atoms with Crippen molar-refractivity contribution in [1.29, 1.82) is 0 Å². The molecule has 0 radical (unpaired) electrons. The SMILES string of the molecule is CC1C(O)[C@H](C)C(COCc2ccccc2)O[C@@H]1C. The Kier molecular flexibility index (Phi) is 4.97. The Bertz CT molecular complexity index is 379. The maximum absolute atomic E-state index is 10.2. The zero-order valence-corrected chi connectivity index (χ0v) is 12.0. The average molecular weight is 264 g/mol. The molecule has 0 bridgehead atoms. The minimum Gasteiger partial charge on any atom is -0.392 e. The molecule has 3 unspecified atom stereocenters. The zero-order valence-electron chi connectivity index (χ0n) is 12.0. The van der Waals surface area contributed by atoms with E-state index in [0.29, 0.717) is 13.2 Å². The molecule has 1 aliphatic rings. The third-order valence-corrected chi connectivity index (χ3v) is 4.19. The summed E-state index contributed by atoms with van der Waals surface area (Å²) in [6, 6.07) is 10.1. The third kappa shape index (κ3) is 3.56. The molecule has 1 fully saturated rings. The Morgan fingerprint density at radius 2 is 1.79 bits per heavy atom. The van der Waals surface area contributed by atoms with Gasteiger partial charge in [0.2, 0.25) is 0 Å². The van der Waals surface area contributed by atoms with E-state index in [0.717, 1.165) is 5.56 Å². The number of aliphatic hydroxyl groups is 1. The van der Waals surface area contributed by atoms with E-state index in [9.17, 15) is 5.11 Å². The Balaban J connectivity index is 1.82. The highest BCUT2D eigenvalue weighted by atomic mass is 16.5. The first kappa shape index (κ1) is 14.5. The van der Waals surface area contributed by atoms with Gasteiger partial charge in [-0.25, -0.2) is 0 Å². The van der Waals surface area contributed by atoms with E-state index in [1.807, 2.05) is 51.1 Å². The van der Waals surface area contributed by atoms with E-state index >= 15 is 0 Å². The highest BCUT2D eigenvalue weighted by Crippen LogP contribution is 2.30. The molecule has 0 saturated carbocycles. The van der Waals surface area contributed by atoms with Crippen LogP contribution in [0.15, 0.2) is 30.3 Å². The molecule has 1 aliphatic heterocycles. The number of benzene rings is 1. The molecule has 106 valence electrons. The summed E-state index contributed by atoms with van der Waals surface area (Å²) in [5.74, 6) is 0.294. The molecular formula is C16H24O3. The predicted molar refractivity (Wildman–Crippen MR) is 74.8 cm³/mol. The van der Waals surface area contributed by atoms with Gasteiger partial charge < -0.3 is 14.6 Å². The van der Waals surface area contributed by atoms with Crippen LogP contribution in [-0.4, -0.2) is 30.0 Å².